The van der Waals surface area contributed by atoms with E-state index in [-0.39, 0.29) is 0 Å². The van der Waals surface area contributed by atoms with Gasteiger partial charge in [-0.15, -0.1) is 0 Å². The Kier molecular flexibility index (Phi) is 4.18. The summed E-state index contributed by atoms with van der Waals surface area (Å²) in [6, 6.07) is 12.4. The molecule has 2 aromatic carbocycles. The van der Waals surface area contributed by atoms with E-state index in [0.717, 1.165) is 28.3 Å². The van der Waals surface area contributed by atoms with Crippen LogP contribution < -0.4 is 10.6 Å². The molecule has 1 heterocycles. The van der Waals surface area contributed by atoms with Gasteiger partial charge in [0, 0.05) is 28.9 Å². The van der Waals surface area contributed by atoms with Crippen LogP contribution in [0.15, 0.2) is 40.9 Å². The van der Waals surface area contributed by atoms with E-state index in [2.05, 4.69) is 44.8 Å². The van der Waals surface area contributed by atoms with Crippen molar-refractivity contribution in [1.29, 1.82) is 0 Å². The molecule has 2 nitrogen and oxygen atoms in total. The molecule has 0 aromatic heterocycles. The number of rotatable bonds is 3. The summed E-state index contributed by atoms with van der Waals surface area (Å²) in [4.78, 5) is 0. The summed E-state index contributed by atoms with van der Waals surface area (Å²) in [5.41, 5.74) is 5.11. The van der Waals surface area contributed by atoms with Crippen molar-refractivity contribution < 1.29 is 0 Å². The van der Waals surface area contributed by atoms with Gasteiger partial charge in [0.15, 0.2) is 0 Å². The molecule has 2 aromatic rings. The van der Waals surface area contributed by atoms with Crippen LogP contribution in [0.25, 0.3) is 0 Å². The lowest BCUT2D eigenvalue weighted by atomic mass is 9.99. The number of anilines is 2. The highest BCUT2D eigenvalue weighted by molar-refractivity contribution is 9.10. The largest absolute Gasteiger partial charge is 0.385 e. The van der Waals surface area contributed by atoms with Crippen LogP contribution in [0.4, 0.5) is 11.4 Å². The molecule has 0 aliphatic carbocycles. The Balaban J connectivity index is 1.76. The maximum Gasteiger partial charge on any atom is 0.0549 e. The van der Waals surface area contributed by atoms with Crippen LogP contribution in [0.5, 0.6) is 0 Å². The number of para-hydroxylation sites is 1. The van der Waals surface area contributed by atoms with Crippen LogP contribution in [0, 0.1) is 0 Å². The lowest BCUT2D eigenvalue weighted by Gasteiger charge is -2.21. The van der Waals surface area contributed by atoms with Crippen LogP contribution in [0.2, 0.25) is 5.02 Å². The molecule has 1 aliphatic heterocycles. The number of nitrogens with one attached hydrogen (secondary N) is 2. The molecule has 0 atom stereocenters. The minimum Gasteiger partial charge on any atom is -0.385 e. The summed E-state index contributed by atoms with van der Waals surface area (Å²) in [5.74, 6) is 0. The summed E-state index contributed by atoms with van der Waals surface area (Å²) in [7, 11) is 0. The molecular formula is C16H16BrClN2. The van der Waals surface area contributed by atoms with Gasteiger partial charge in [-0.2, -0.15) is 0 Å². The first-order valence-electron chi connectivity index (χ1n) is 6.77. The van der Waals surface area contributed by atoms with Crippen molar-refractivity contribution in [2.75, 3.05) is 17.2 Å². The third-order valence-corrected chi connectivity index (χ3v) is 4.78. The molecule has 0 amide bonds. The predicted octanol–water partition coefficient (Wildman–Crippen LogP) is 5.07. The second-order valence-corrected chi connectivity index (χ2v) is 6.23. The SMILES string of the molecule is Clc1ccc(NCc2cccc3c2NCCC3)cc1Br. The summed E-state index contributed by atoms with van der Waals surface area (Å²) in [6.45, 7) is 1.88. The number of benzene rings is 2. The molecule has 1 aliphatic rings. The monoisotopic (exact) mass is 350 g/mol. The quantitative estimate of drug-likeness (QED) is 0.806. The van der Waals surface area contributed by atoms with Crippen LogP contribution in [0.1, 0.15) is 17.5 Å². The van der Waals surface area contributed by atoms with Gasteiger partial charge in [0.2, 0.25) is 0 Å². The molecule has 104 valence electrons. The first-order chi connectivity index (χ1) is 9.74. The number of hydrogen-bond acceptors (Lipinski definition) is 2. The normalized spacial score (nSPS) is 13.5. The Hall–Kier alpha value is -1.19. The molecule has 0 bridgehead atoms. The third-order valence-electron chi connectivity index (χ3n) is 3.56. The van der Waals surface area contributed by atoms with Crippen molar-refractivity contribution in [2.24, 2.45) is 0 Å². The fourth-order valence-electron chi connectivity index (χ4n) is 2.53. The topological polar surface area (TPSA) is 24.1 Å². The molecule has 0 unspecified atom stereocenters. The number of halogens is 2. The Labute approximate surface area is 132 Å². The average Bonchev–Trinajstić information content (AvgIpc) is 2.48. The molecule has 3 rings (SSSR count). The second-order valence-electron chi connectivity index (χ2n) is 4.96. The van der Waals surface area contributed by atoms with E-state index in [0.29, 0.717) is 0 Å². The fourth-order valence-corrected chi connectivity index (χ4v) is 3.03. The zero-order chi connectivity index (χ0) is 13.9. The van der Waals surface area contributed by atoms with Gasteiger partial charge >= 0.3 is 0 Å². The third kappa shape index (κ3) is 2.94. The van der Waals surface area contributed by atoms with E-state index in [1.54, 1.807) is 0 Å². The zero-order valence-electron chi connectivity index (χ0n) is 11.0. The lowest BCUT2D eigenvalue weighted by Crippen LogP contribution is -2.14. The Morgan fingerprint density at radius 2 is 2.15 bits per heavy atom. The van der Waals surface area contributed by atoms with Gasteiger partial charge in [0.25, 0.3) is 0 Å². The van der Waals surface area contributed by atoms with Crippen LogP contribution >= 0.6 is 27.5 Å². The van der Waals surface area contributed by atoms with E-state index in [1.807, 2.05) is 18.2 Å². The van der Waals surface area contributed by atoms with Crippen molar-refractivity contribution in [2.45, 2.75) is 19.4 Å². The molecule has 0 spiro atoms. The van der Waals surface area contributed by atoms with Gasteiger partial charge in [0.1, 0.15) is 0 Å². The van der Waals surface area contributed by atoms with Crippen molar-refractivity contribution in [3.05, 3.63) is 57.0 Å². The Morgan fingerprint density at radius 1 is 1.25 bits per heavy atom. The van der Waals surface area contributed by atoms with Gasteiger partial charge < -0.3 is 10.6 Å². The van der Waals surface area contributed by atoms with E-state index in [4.69, 9.17) is 11.6 Å². The Morgan fingerprint density at radius 3 is 3.00 bits per heavy atom. The fraction of sp³-hybridized carbons (Fsp3) is 0.250. The van der Waals surface area contributed by atoms with Crippen LogP contribution in [0.3, 0.4) is 0 Å². The molecule has 0 saturated heterocycles. The molecule has 0 radical (unpaired) electrons. The van der Waals surface area contributed by atoms with E-state index in [1.165, 1.54) is 29.7 Å². The Bertz CT molecular complexity index is 628. The van der Waals surface area contributed by atoms with Gasteiger partial charge in [-0.1, -0.05) is 29.8 Å². The van der Waals surface area contributed by atoms with Gasteiger partial charge in [-0.05, 0) is 58.1 Å². The molecule has 4 heteroatoms. The number of aryl methyl sites for hydroxylation is 1. The molecular weight excluding hydrogens is 336 g/mol. The summed E-state index contributed by atoms with van der Waals surface area (Å²) < 4.78 is 0.914. The number of fused-ring (bicyclic) bond motifs is 1. The molecule has 20 heavy (non-hydrogen) atoms. The highest BCUT2D eigenvalue weighted by Gasteiger charge is 2.11. The van der Waals surface area contributed by atoms with Crippen LogP contribution in [-0.2, 0) is 13.0 Å². The second kappa shape index (κ2) is 6.06. The summed E-state index contributed by atoms with van der Waals surface area (Å²) >= 11 is 9.46. The molecule has 0 saturated carbocycles. The van der Waals surface area contributed by atoms with Crippen molar-refractivity contribution >= 4 is 38.9 Å². The standard InChI is InChI=1S/C16H16BrClN2/c17-14-9-13(6-7-15(14)18)20-10-12-4-1-3-11-5-2-8-19-16(11)12/h1,3-4,6-7,9,19-20H,2,5,8,10H2. The first kappa shape index (κ1) is 13.8. The smallest absolute Gasteiger partial charge is 0.0549 e. The highest BCUT2D eigenvalue weighted by Crippen LogP contribution is 2.28. The maximum absolute atomic E-state index is 6.01. The van der Waals surface area contributed by atoms with E-state index < -0.39 is 0 Å². The first-order valence-corrected chi connectivity index (χ1v) is 7.95. The zero-order valence-corrected chi connectivity index (χ0v) is 13.4. The van der Waals surface area contributed by atoms with Gasteiger partial charge in [-0.25, -0.2) is 0 Å². The minimum atomic E-state index is 0.731. The van der Waals surface area contributed by atoms with Gasteiger partial charge in [-0.3, -0.25) is 0 Å². The van der Waals surface area contributed by atoms with Gasteiger partial charge in [0.05, 0.1) is 5.02 Å². The van der Waals surface area contributed by atoms with E-state index >= 15 is 0 Å². The van der Waals surface area contributed by atoms with Crippen molar-refractivity contribution in [3.8, 4) is 0 Å². The van der Waals surface area contributed by atoms with E-state index in [9.17, 15) is 0 Å². The summed E-state index contributed by atoms with van der Waals surface area (Å²) in [6.07, 6.45) is 2.39. The average molecular weight is 352 g/mol. The van der Waals surface area contributed by atoms with Crippen LogP contribution in [-0.4, -0.2) is 6.54 Å². The highest BCUT2D eigenvalue weighted by atomic mass is 79.9. The lowest BCUT2D eigenvalue weighted by molar-refractivity contribution is 0.825. The number of hydrogen-bond donors (Lipinski definition) is 2. The summed E-state index contributed by atoms with van der Waals surface area (Å²) in [5, 5.41) is 7.70. The van der Waals surface area contributed by atoms with Crippen molar-refractivity contribution in [1.82, 2.24) is 0 Å². The molecule has 0 fully saturated rings. The minimum absolute atomic E-state index is 0.731. The molecule has 2 N–H and O–H groups in total. The maximum atomic E-state index is 6.01. The van der Waals surface area contributed by atoms with Crippen molar-refractivity contribution in [3.63, 3.8) is 0 Å². The predicted molar refractivity (Wildman–Crippen MR) is 89.7 cm³/mol.